The van der Waals surface area contributed by atoms with E-state index >= 15 is 0 Å². The molecular weight excluding hydrogens is 337 g/mol. The third-order valence-corrected chi connectivity index (χ3v) is 9.32. The highest BCUT2D eigenvalue weighted by Gasteiger charge is 2.87. The van der Waals surface area contributed by atoms with E-state index in [9.17, 15) is 0 Å². The monoisotopic (exact) mass is 344 g/mol. The van der Waals surface area contributed by atoms with Crippen molar-refractivity contribution in [3.8, 4) is 0 Å². The number of rotatable bonds is 0. The Bertz CT molecular complexity index is 519. The third kappa shape index (κ3) is 0.859. The van der Waals surface area contributed by atoms with E-state index < -0.39 is 14.1 Å². The summed E-state index contributed by atoms with van der Waals surface area (Å²) in [6, 6.07) is 0. The molecule has 4 bridgehead atoms. The highest BCUT2D eigenvalue weighted by atomic mass is 35.5. The van der Waals surface area contributed by atoms with E-state index in [-0.39, 0.29) is 11.8 Å². The van der Waals surface area contributed by atoms with Crippen LogP contribution in [0.5, 0.6) is 0 Å². The van der Waals surface area contributed by atoms with Gasteiger partial charge in [0.25, 0.3) is 0 Å². The first kappa shape index (κ1) is 11.8. The van der Waals surface area contributed by atoms with Crippen molar-refractivity contribution in [2.24, 2.45) is 23.7 Å². The number of ether oxygens (including phenoxy) is 1. The first-order valence-electron chi connectivity index (χ1n) is 6.14. The first-order valence-corrected chi connectivity index (χ1v) is 8.03. The SMILES string of the molecule is ClC1=C[C@@]2(Cl)[C@@H]3[C@H]4C[C@H]([C@@H]5O[C@H]45)[C@@H]3[C@]1(Cl)C2(Cl)Cl. The molecule has 3 saturated carbocycles. The Morgan fingerprint density at radius 1 is 1.06 bits per heavy atom. The fourth-order valence-corrected chi connectivity index (χ4v) is 7.76. The van der Waals surface area contributed by atoms with Crippen molar-refractivity contribution in [1.82, 2.24) is 0 Å². The smallest absolute Gasteiger partial charge is 0.165 e. The molecule has 98 valence electrons. The average molecular weight is 346 g/mol. The minimum absolute atomic E-state index is 0.137. The summed E-state index contributed by atoms with van der Waals surface area (Å²) < 4.78 is 4.49. The Kier molecular flexibility index (Phi) is 1.87. The highest BCUT2D eigenvalue weighted by molar-refractivity contribution is 6.62. The molecule has 1 saturated heterocycles. The number of hydrogen-bond donors (Lipinski definition) is 0. The Hall–Kier alpha value is 1.15. The summed E-state index contributed by atoms with van der Waals surface area (Å²) in [7, 11) is 0. The van der Waals surface area contributed by atoms with Crippen LogP contribution in [0.3, 0.4) is 0 Å². The molecule has 0 N–H and O–H groups in total. The van der Waals surface area contributed by atoms with Gasteiger partial charge >= 0.3 is 0 Å². The molecule has 1 heterocycles. The molecule has 4 aliphatic carbocycles. The molecule has 0 amide bonds. The average Bonchev–Trinajstić information content (AvgIpc) is 2.83. The summed E-state index contributed by atoms with van der Waals surface area (Å²) in [5.74, 6) is 1.16. The number of allylic oxidation sites excluding steroid dienone is 2. The summed E-state index contributed by atoms with van der Waals surface area (Å²) in [4.78, 5) is -1.80. The second-order valence-electron chi connectivity index (χ2n) is 6.23. The van der Waals surface area contributed by atoms with Gasteiger partial charge in [-0.3, -0.25) is 0 Å². The van der Waals surface area contributed by atoms with Crippen molar-refractivity contribution in [2.75, 3.05) is 0 Å². The van der Waals surface area contributed by atoms with Gasteiger partial charge in [0.2, 0.25) is 0 Å². The lowest BCUT2D eigenvalue weighted by atomic mass is 9.73. The topological polar surface area (TPSA) is 12.5 Å². The van der Waals surface area contributed by atoms with Crippen molar-refractivity contribution in [1.29, 1.82) is 0 Å². The van der Waals surface area contributed by atoms with Crippen LogP contribution in [0.15, 0.2) is 11.1 Å². The molecule has 0 radical (unpaired) electrons. The van der Waals surface area contributed by atoms with Crippen LogP contribution in [0, 0.1) is 23.7 Å². The number of halogens is 5. The fourth-order valence-electron chi connectivity index (χ4n) is 5.24. The first-order chi connectivity index (χ1) is 8.34. The minimum atomic E-state index is -1.23. The molecule has 0 unspecified atom stereocenters. The molecule has 0 aromatic heterocycles. The molecule has 5 aliphatic rings. The van der Waals surface area contributed by atoms with Gasteiger partial charge < -0.3 is 4.74 Å². The second kappa shape index (κ2) is 2.87. The lowest BCUT2D eigenvalue weighted by Gasteiger charge is -2.36. The van der Waals surface area contributed by atoms with Gasteiger partial charge in [-0.2, -0.15) is 0 Å². The Balaban J connectivity index is 1.78. The van der Waals surface area contributed by atoms with E-state index in [1.54, 1.807) is 6.08 Å². The number of alkyl halides is 4. The second-order valence-corrected chi connectivity index (χ2v) is 9.18. The van der Waals surface area contributed by atoms with Crippen LogP contribution in [-0.4, -0.2) is 26.3 Å². The molecule has 0 aromatic carbocycles. The largest absolute Gasteiger partial charge is 0.369 e. The maximum atomic E-state index is 6.80. The summed E-state index contributed by atoms with van der Waals surface area (Å²) in [5.41, 5.74) is 0. The number of epoxide rings is 1. The molecule has 6 heteroatoms. The maximum absolute atomic E-state index is 6.80. The van der Waals surface area contributed by atoms with Gasteiger partial charge in [-0.05, 0) is 36.2 Å². The van der Waals surface area contributed by atoms with E-state index in [1.807, 2.05) is 0 Å². The standard InChI is InChI=1S/C12H9Cl5O/c13-5-2-10(14)6-3-1-4(9-8(3)18-9)7(6)11(5,15)12(10,16)17/h2-4,6-9H,1H2/t3-,4+,6-,7+,8-,9+,10-,11+/m1/s1. The van der Waals surface area contributed by atoms with Crippen molar-refractivity contribution >= 4 is 58.0 Å². The van der Waals surface area contributed by atoms with Crippen LogP contribution < -0.4 is 0 Å². The lowest BCUT2D eigenvalue weighted by molar-refractivity contribution is 0.237. The van der Waals surface area contributed by atoms with E-state index in [2.05, 4.69) is 0 Å². The quantitative estimate of drug-likeness (QED) is 0.368. The minimum Gasteiger partial charge on any atom is -0.369 e. The van der Waals surface area contributed by atoms with Crippen LogP contribution in [0.4, 0.5) is 0 Å². The van der Waals surface area contributed by atoms with Crippen molar-refractivity contribution in [3.63, 3.8) is 0 Å². The molecule has 4 fully saturated rings. The van der Waals surface area contributed by atoms with Gasteiger partial charge in [-0.1, -0.05) is 34.8 Å². The Morgan fingerprint density at radius 3 is 2.33 bits per heavy atom. The number of fused-ring (bicyclic) bond motifs is 12. The molecule has 0 spiro atoms. The van der Waals surface area contributed by atoms with Crippen LogP contribution >= 0.6 is 58.0 Å². The Labute approximate surface area is 130 Å². The normalized spacial score (nSPS) is 69.1. The predicted molar refractivity (Wildman–Crippen MR) is 72.8 cm³/mol. The van der Waals surface area contributed by atoms with E-state index in [4.69, 9.17) is 62.7 Å². The summed E-state index contributed by atoms with van der Waals surface area (Å²) in [6.45, 7) is 0. The molecule has 18 heavy (non-hydrogen) atoms. The van der Waals surface area contributed by atoms with E-state index in [0.717, 1.165) is 6.42 Å². The third-order valence-electron chi connectivity index (χ3n) is 5.83. The molecule has 5 rings (SSSR count). The summed E-state index contributed by atoms with van der Waals surface area (Å²) >= 11 is 33.0. The van der Waals surface area contributed by atoms with Gasteiger partial charge in [0.05, 0.1) is 12.2 Å². The van der Waals surface area contributed by atoms with Crippen LogP contribution in [0.2, 0.25) is 0 Å². The van der Waals surface area contributed by atoms with Gasteiger partial charge in [0.15, 0.2) is 4.33 Å². The van der Waals surface area contributed by atoms with Crippen molar-refractivity contribution in [2.45, 2.75) is 32.7 Å². The molecule has 0 aromatic rings. The predicted octanol–water partition coefficient (Wildman–Crippen LogP) is 3.91. The molecule has 1 aliphatic heterocycles. The fraction of sp³-hybridized carbons (Fsp3) is 0.833. The van der Waals surface area contributed by atoms with Crippen LogP contribution in [-0.2, 0) is 4.74 Å². The molecule has 8 atom stereocenters. The molecule has 1 nitrogen and oxygen atoms in total. The van der Waals surface area contributed by atoms with Gasteiger partial charge in [0, 0.05) is 5.03 Å². The summed E-state index contributed by atoms with van der Waals surface area (Å²) in [5, 5.41) is 0.509. The maximum Gasteiger partial charge on any atom is 0.165 e. The highest BCUT2D eigenvalue weighted by Crippen LogP contribution is 2.82. The zero-order valence-electron chi connectivity index (χ0n) is 9.05. The Morgan fingerprint density at radius 2 is 1.67 bits per heavy atom. The number of hydrogen-bond acceptors (Lipinski definition) is 1. The van der Waals surface area contributed by atoms with Gasteiger partial charge in [0.1, 0.15) is 9.75 Å². The van der Waals surface area contributed by atoms with Gasteiger partial charge in [-0.25, -0.2) is 0 Å². The van der Waals surface area contributed by atoms with Gasteiger partial charge in [-0.15, -0.1) is 23.2 Å². The zero-order valence-corrected chi connectivity index (χ0v) is 12.8. The lowest BCUT2D eigenvalue weighted by Crippen LogP contribution is -2.46. The summed E-state index contributed by atoms with van der Waals surface area (Å²) in [6.07, 6.45) is 3.58. The van der Waals surface area contributed by atoms with Crippen LogP contribution in [0.1, 0.15) is 6.42 Å². The van der Waals surface area contributed by atoms with Crippen LogP contribution in [0.25, 0.3) is 0 Å². The molecular formula is C12H9Cl5O. The van der Waals surface area contributed by atoms with E-state index in [1.165, 1.54) is 0 Å². The van der Waals surface area contributed by atoms with E-state index in [0.29, 0.717) is 29.1 Å². The van der Waals surface area contributed by atoms with Crippen molar-refractivity contribution in [3.05, 3.63) is 11.1 Å². The van der Waals surface area contributed by atoms with Crippen molar-refractivity contribution < 1.29 is 4.74 Å². The zero-order chi connectivity index (χ0) is 12.7.